The molecule has 0 aromatic carbocycles. The van der Waals surface area contributed by atoms with Crippen LogP contribution < -0.4 is 0 Å². The SMILES string of the molecule is C[C@H](OC1CCCCO1)[C@@H](O)C(=O)O. The largest absolute Gasteiger partial charge is 0.479 e. The highest BCUT2D eigenvalue weighted by atomic mass is 16.7. The first-order valence-corrected chi connectivity index (χ1v) is 4.79. The van der Waals surface area contributed by atoms with Crippen molar-refractivity contribution in [3.05, 3.63) is 0 Å². The van der Waals surface area contributed by atoms with Gasteiger partial charge in [-0.05, 0) is 26.2 Å². The van der Waals surface area contributed by atoms with E-state index < -0.39 is 18.2 Å². The van der Waals surface area contributed by atoms with E-state index in [0.717, 1.165) is 19.3 Å². The van der Waals surface area contributed by atoms with Crippen LogP contribution in [0.5, 0.6) is 0 Å². The summed E-state index contributed by atoms with van der Waals surface area (Å²) < 4.78 is 10.5. The Morgan fingerprint density at radius 3 is 2.79 bits per heavy atom. The molecule has 0 bridgehead atoms. The summed E-state index contributed by atoms with van der Waals surface area (Å²) in [5.41, 5.74) is 0. The number of hydrogen-bond donors (Lipinski definition) is 2. The minimum absolute atomic E-state index is 0.368. The molecule has 1 rings (SSSR count). The number of hydrogen-bond acceptors (Lipinski definition) is 4. The van der Waals surface area contributed by atoms with Gasteiger partial charge >= 0.3 is 5.97 Å². The Morgan fingerprint density at radius 2 is 2.29 bits per heavy atom. The van der Waals surface area contributed by atoms with E-state index in [1.54, 1.807) is 0 Å². The van der Waals surface area contributed by atoms with Gasteiger partial charge in [0.25, 0.3) is 0 Å². The van der Waals surface area contributed by atoms with Crippen molar-refractivity contribution in [2.75, 3.05) is 6.61 Å². The number of aliphatic hydroxyl groups excluding tert-OH is 1. The highest BCUT2D eigenvalue weighted by Crippen LogP contribution is 2.16. The molecule has 0 amide bonds. The van der Waals surface area contributed by atoms with E-state index in [-0.39, 0.29) is 6.29 Å². The van der Waals surface area contributed by atoms with Crippen LogP contribution in [-0.2, 0) is 14.3 Å². The molecule has 0 saturated carbocycles. The number of carboxylic acids is 1. The lowest BCUT2D eigenvalue weighted by Gasteiger charge is -2.26. The molecule has 3 atom stereocenters. The van der Waals surface area contributed by atoms with Crippen LogP contribution in [-0.4, -0.2) is 41.3 Å². The van der Waals surface area contributed by atoms with E-state index in [1.165, 1.54) is 6.92 Å². The first kappa shape index (κ1) is 11.4. The molecule has 0 aliphatic carbocycles. The van der Waals surface area contributed by atoms with E-state index >= 15 is 0 Å². The van der Waals surface area contributed by atoms with E-state index in [4.69, 9.17) is 19.7 Å². The third-order valence-corrected chi connectivity index (χ3v) is 2.20. The Balaban J connectivity index is 2.31. The van der Waals surface area contributed by atoms with Crippen LogP contribution in [0.2, 0.25) is 0 Å². The van der Waals surface area contributed by atoms with Gasteiger partial charge < -0.3 is 19.7 Å². The number of rotatable bonds is 4. The molecule has 82 valence electrons. The topological polar surface area (TPSA) is 76.0 Å². The van der Waals surface area contributed by atoms with Crippen molar-refractivity contribution in [2.45, 2.75) is 44.7 Å². The highest BCUT2D eigenvalue weighted by molar-refractivity contribution is 5.72. The van der Waals surface area contributed by atoms with Crippen LogP contribution >= 0.6 is 0 Å². The Bertz CT molecular complexity index is 188. The lowest BCUT2D eigenvalue weighted by molar-refractivity contribution is -0.206. The lowest BCUT2D eigenvalue weighted by atomic mass is 10.2. The third kappa shape index (κ3) is 3.25. The summed E-state index contributed by atoms with van der Waals surface area (Å²) in [5.74, 6) is -1.27. The van der Waals surface area contributed by atoms with Crippen LogP contribution in [0, 0.1) is 0 Å². The van der Waals surface area contributed by atoms with Gasteiger partial charge in [-0.25, -0.2) is 4.79 Å². The van der Waals surface area contributed by atoms with Crippen LogP contribution in [0.15, 0.2) is 0 Å². The molecule has 0 aromatic heterocycles. The highest BCUT2D eigenvalue weighted by Gasteiger charge is 2.26. The van der Waals surface area contributed by atoms with Gasteiger partial charge in [0.1, 0.15) is 0 Å². The molecule has 14 heavy (non-hydrogen) atoms. The summed E-state index contributed by atoms with van der Waals surface area (Å²) >= 11 is 0. The first-order valence-electron chi connectivity index (χ1n) is 4.79. The maximum atomic E-state index is 10.4. The Hall–Kier alpha value is -0.650. The smallest absolute Gasteiger partial charge is 0.335 e. The summed E-state index contributed by atoms with van der Waals surface area (Å²) in [6.07, 6.45) is 0.191. The van der Waals surface area contributed by atoms with Gasteiger partial charge in [-0.1, -0.05) is 0 Å². The van der Waals surface area contributed by atoms with Crippen molar-refractivity contribution < 1.29 is 24.5 Å². The van der Waals surface area contributed by atoms with Crippen LogP contribution in [0.3, 0.4) is 0 Å². The zero-order valence-electron chi connectivity index (χ0n) is 8.18. The molecular formula is C9H16O5. The second kappa shape index (κ2) is 5.29. The second-order valence-corrected chi connectivity index (χ2v) is 3.42. The maximum Gasteiger partial charge on any atom is 0.335 e. The molecular weight excluding hydrogens is 188 g/mol. The molecule has 1 unspecified atom stereocenters. The van der Waals surface area contributed by atoms with Crippen LogP contribution in [0.1, 0.15) is 26.2 Å². The second-order valence-electron chi connectivity index (χ2n) is 3.42. The summed E-state index contributed by atoms with van der Waals surface area (Å²) in [7, 11) is 0. The average molecular weight is 204 g/mol. The predicted molar refractivity (Wildman–Crippen MR) is 47.8 cm³/mol. The van der Waals surface area contributed by atoms with Gasteiger partial charge in [-0.3, -0.25) is 0 Å². The minimum Gasteiger partial charge on any atom is -0.479 e. The van der Waals surface area contributed by atoms with Gasteiger partial charge in [0, 0.05) is 6.61 Å². The van der Waals surface area contributed by atoms with Crippen LogP contribution in [0.25, 0.3) is 0 Å². The summed E-state index contributed by atoms with van der Waals surface area (Å²) in [4.78, 5) is 10.4. The fraction of sp³-hybridized carbons (Fsp3) is 0.889. The Labute approximate surface area is 82.6 Å². The Morgan fingerprint density at radius 1 is 1.57 bits per heavy atom. The van der Waals surface area contributed by atoms with E-state index in [1.807, 2.05) is 0 Å². The lowest BCUT2D eigenvalue weighted by Crippen LogP contribution is -2.37. The quantitative estimate of drug-likeness (QED) is 0.691. The molecule has 0 radical (unpaired) electrons. The average Bonchev–Trinajstić information content (AvgIpc) is 2.18. The number of carboxylic acid groups (broad SMARTS) is 1. The summed E-state index contributed by atoms with van der Waals surface area (Å²) in [6, 6.07) is 0. The minimum atomic E-state index is -1.49. The van der Waals surface area contributed by atoms with Gasteiger partial charge in [0.05, 0.1) is 6.10 Å². The molecule has 1 aliphatic heterocycles. The molecule has 1 aliphatic rings. The molecule has 0 aromatic rings. The standard InChI is InChI=1S/C9H16O5/c1-6(8(10)9(11)12)14-7-4-2-3-5-13-7/h6-8,10H,2-5H2,1H3,(H,11,12)/t6-,7?,8+/m0/s1. The van der Waals surface area contributed by atoms with E-state index in [9.17, 15) is 4.79 Å². The van der Waals surface area contributed by atoms with Gasteiger partial charge in [-0.15, -0.1) is 0 Å². The predicted octanol–water partition coefficient (Wildman–Crippen LogP) is 0.364. The number of aliphatic hydroxyl groups is 1. The maximum absolute atomic E-state index is 10.4. The van der Waals surface area contributed by atoms with Gasteiger partial charge in [0.15, 0.2) is 12.4 Å². The van der Waals surface area contributed by atoms with Crippen LogP contribution in [0.4, 0.5) is 0 Å². The molecule has 0 spiro atoms. The van der Waals surface area contributed by atoms with Crippen molar-refractivity contribution in [1.29, 1.82) is 0 Å². The Kier molecular flexibility index (Phi) is 4.31. The zero-order valence-corrected chi connectivity index (χ0v) is 8.18. The van der Waals surface area contributed by atoms with Gasteiger partial charge in [-0.2, -0.15) is 0 Å². The van der Waals surface area contributed by atoms with Crippen molar-refractivity contribution in [3.8, 4) is 0 Å². The fourth-order valence-electron chi connectivity index (χ4n) is 1.33. The molecule has 2 N–H and O–H groups in total. The molecule has 1 heterocycles. The first-order chi connectivity index (χ1) is 6.61. The van der Waals surface area contributed by atoms with E-state index in [0.29, 0.717) is 6.61 Å². The van der Waals surface area contributed by atoms with E-state index in [2.05, 4.69) is 0 Å². The molecule has 1 saturated heterocycles. The third-order valence-electron chi connectivity index (χ3n) is 2.20. The normalized spacial score (nSPS) is 26.9. The van der Waals surface area contributed by atoms with Gasteiger partial charge in [0.2, 0.25) is 0 Å². The summed E-state index contributed by atoms with van der Waals surface area (Å²) in [5, 5.41) is 17.7. The molecule has 5 nitrogen and oxygen atoms in total. The number of ether oxygens (including phenoxy) is 2. The van der Waals surface area contributed by atoms with Crippen molar-refractivity contribution >= 4 is 5.97 Å². The fourth-order valence-corrected chi connectivity index (χ4v) is 1.33. The monoisotopic (exact) mass is 204 g/mol. The van der Waals surface area contributed by atoms with Crippen molar-refractivity contribution in [3.63, 3.8) is 0 Å². The summed E-state index contributed by atoms with van der Waals surface area (Å²) in [6.45, 7) is 2.16. The molecule has 1 fully saturated rings. The molecule has 5 heteroatoms. The number of carbonyl (C=O) groups is 1. The zero-order chi connectivity index (χ0) is 10.6. The van der Waals surface area contributed by atoms with Crippen molar-refractivity contribution in [2.24, 2.45) is 0 Å². The van der Waals surface area contributed by atoms with Crippen molar-refractivity contribution in [1.82, 2.24) is 0 Å². The number of aliphatic carboxylic acids is 1.